The molecule has 2 rings (SSSR count). The summed E-state index contributed by atoms with van der Waals surface area (Å²) in [4.78, 5) is 25.7. The van der Waals surface area contributed by atoms with Gasteiger partial charge in [-0.25, -0.2) is 0 Å². The quantitative estimate of drug-likeness (QED) is 0.779. The zero-order valence-electron chi connectivity index (χ0n) is 13.8. The topological polar surface area (TPSA) is 76.1 Å². The smallest absolute Gasteiger partial charge is 0.271 e. The maximum Gasteiger partial charge on any atom is 0.271 e. The van der Waals surface area contributed by atoms with Crippen LogP contribution in [0.15, 0.2) is 12.1 Å². The van der Waals surface area contributed by atoms with Gasteiger partial charge in [-0.15, -0.1) is 0 Å². The Morgan fingerprint density at radius 3 is 2.57 bits per heavy atom. The number of methoxy groups -OCH3 is 1. The predicted octanol–water partition coefficient (Wildman–Crippen LogP) is 2.17. The third-order valence-electron chi connectivity index (χ3n) is 4.32. The van der Waals surface area contributed by atoms with Gasteiger partial charge in [0.05, 0.1) is 12.8 Å². The Balaban J connectivity index is 2.63. The van der Waals surface area contributed by atoms with Crippen LogP contribution < -0.4 is 14.4 Å². The highest BCUT2D eigenvalue weighted by molar-refractivity contribution is 6.04. The molecule has 0 saturated heterocycles. The number of nitrogens with zero attached hydrogens (tertiary/aromatic N) is 1. The molecule has 0 unspecified atom stereocenters. The molecule has 1 N–H and O–H groups in total. The third kappa shape index (κ3) is 2.91. The highest BCUT2D eigenvalue weighted by Crippen LogP contribution is 2.46. The number of aliphatic hydroxyl groups is 1. The Kier molecular flexibility index (Phi) is 5.26. The molecule has 0 atom stereocenters. The highest BCUT2D eigenvalue weighted by atomic mass is 16.5. The van der Waals surface area contributed by atoms with E-state index < -0.39 is 5.60 Å². The second-order valence-corrected chi connectivity index (χ2v) is 5.53. The number of aliphatic hydroxyl groups excluding tert-OH is 1. The average molecular weight is 321 g/mol. The number of carbonyl (C=O) groups is 2. The molecular formula is C17H23NO5. The van der Waals surface area contributed by atoms with Gasteiger partial charge in [0.25, 0.3) is 5.91 Å². The minimum atomic E-state index is -0.946. The van der Waals surface area contributed by atoms with Gasteiger partial charge in [-0.05, 0) is 31.4 Å². The van der Waals surface area contributed by atoms with Crippen LogP contribution in [-0.4, -0.2) is 43.2 Å². The van der Waals surface area contributed by atoms with Crippen molar-refractivity contribution in [3.05, 3.63) is 17.7 Å². The molecule has 1 amide bonds. The minimum Gasteiger partial charge on any atom is -0.493 e. The molecule has 6 nitrogen and oxygen atoms in total. The molecule has 0 saturated carbocycles. The lowest BCUT2D eigenvalue weighted by Crippen LogP contribution is -2.56. The van der Waals surface area contributed by atoms with Gasteiger partial charge in [0.15, 0.2) is 17.1 Å². The summed E-state index contributed by atoms with van der Waals surface area (Å²) in [6, 6.07) is 3.22. The first kappa shape index (κ1) is 17.3. The summed E-state index contributed by atoms with van der Waals surface area (Å²) >= 11 is 0. The van der Waals surface area contributed by atoms with Crippen LogP contribution in [0.25, 0.3) is 0 Å². The molecule has 0 bridgehead atoms. The molecule has 1 aliphatic rings. The lowest BCUT2D eigenvalue weighted by atomic mass is 9.92. The van der Waals surface area contributed by atoms with Crippen LogP contribution in [0.1, 0.15) is 43.5 Å². The SMILES string of the molecule is CCC1(CC)Oc2c(OC)cc(C=O)cc2N(CCCO)C1=O. The molecule has 1 aliphatic heterocycles. The van der Waals surface area contributed by atoms with Gasteiger partial charge in [-0.1, -0.05) is 13.8 Å². The van der Waals surface area contributed by atoms with Crippen molar-refractivity contribution in [1.82, 2.24) is 0 Å². The van der Waals surface area contributed by atoms with E-state index in [1.807, 2.05) is 13.8 Å². The third-order valence-corrected chi connectivity index (χ3v) is 4.32. The van der Waals surface area contributed by atoms with Gasteiger partial charge in [-0.2, -0.15) is 0 Å². The molecule has 1 aromatic rings. The number of ether oxygens (including phenoxy) is 2. The Bertz CT molecular complexity index is 595. The number of amides is 1. The van der Waals surface area contributed by atoms with Gasteiger partial charge in [0.2, 0.25) is 0 Å². The molecule has 1 aromatic carbocycles. The molecule has 126 valence electrons. The fraction of sp³-hybridized carbons (Fsp3) is 0.529. The minimum absolute atomic E-state index is 0.0181. The van der Waals surface area contributed by atoms with E-state index in [-0.39, 0.29) is 12.5 Å². The van der Waals surface area contributed by atoms with Crippen LogP contribution in [0.2, 0.25) is 0 Å². The van der Waals surface area contributed by atoms with Crippen LogP contribution in [0.5, 0.6) is 11.5 Å². The van der Waals surface area contributed by atoms with Crippen molar-refractivity contribution in [1.29, 1.82) is 0 Å². The first-order chi connectivity index (χ1) is 11.1. The normalized spacial score (nSPS) is 15.8. The van der Waals surface area contributed by atoms with Crippen molar-refractivity contribution in [2.75, 3.05) is 25.2 Å². The molecular weight excluding hydrogens is 298 g/mol. The van der Waals surface area contributed by atoms with Gasteiger partial charge < -0.3 is 19.5 Å². The monoisotopic (exact) mass is 321 g/mol. The Morgan fingerprint density at radius 2 is 2.04 bits per heavy atom. The van der Waals surface area contributed by atoms with E-state index in [2.05, 4.69) is 0 Å². The highest BCUT2D eigenvalue weighted by Gasteiger charge is 2.46. The van der Waals surface area contributed by atoms with E-state index in [4.69, 9.17) is 14.6 Å². The predicted molar refractivity (Wildman–Crippen MR) is 86.4 cm³/mol. The molecule has 23 heavy (non-hydrogen) atoms. The number of aldehydes is 1. The van der Waals surface area contributed by atoms with Crippen LogP contribution in [0, 0.1) is 0 Å². The fourth-order valence-corrected chi connectivity index (χ4v) is 2.87. The summed E-state index contributed by atoms with van der Waals surface area (Å²) in [5, 5.41) is 9.13. The number of benzene rings is 1. The second-order valence-electron chi connectivity index (χ2n) is 5.53. The molecule has 0 radical (unpaired) electrons. The van der Waals surface area contributed by atoms with Crippen molar-refractivity contribution in [2.45, 2.75) is 38.7 Å². The van der Waals surface area contributed by atoms with Crippen LogP contribution in [-0.2, 0) is 4.79 Å². The number of fused-ring (bicyclic) bond motifs is 1. The largest absolute Gasteiger partial charge is 0.493 e. The van der Waals surface area contributed by atoms with Crippen molar-refractivity contribution < 1.29 is 24.2 Å². The van der Waals surface area contributed by atoms with Gasteiger partial charge in [0, 0.05) is 18.7 Å². The maximum atomic E-state index is 13.0. The Labute approximate surface area is 136 Å². The van der Waals surface area contributed by atoms with E-state index in [1.54, 1.807) is 17.0 Å². The van der Waals surface area contributed by atoms with E-state index in [1.165, 1.54) is 7.11 Å². The number of rotatable bonds is 7. The number of hydrogen-bond donors (Lipinski definition) is 1. The van der Waals surface area contributed by atoms with E-state index in [0.717, 1.165) is 0 Å². The number of carbonyl (C=O) groups excluding carboxylic acids is 2. The summed E-state index contributed by atoms with van der Waals surface area (Å²) in [6.45, 7) is 4.15. The summed E-state index contributed by atoms with van der Waals surface area (Å²) in [7, 11) is 1.50. The van der Waals surface area contributed by atoms with Gasteiger partial charge in [-0.3, -0.25) is 9.59 Å². The fourth-order valence-electron chi connectivity index (χ4n) is 2.87. The van der Waals surface area contributed by atoms with Crippen LogP contribution in [0.3, 0.4) is 0 Å². The molecule has 0 fully saturated rings. The summed E-state index contributed by atoms with van der Waals surface area (Å²) in [5.74, 6) is 0.755. The Hall–Kier alpha value is -2.08. The standard InChI is InChI=1S/C17H23NO5/c1-4-17(5-2)16(21)18(7-6-8-19)13-9-12(11-20)10-14(22-3)15(13)23-17/h9-11,19H,4-8H2,1-3H3. The molecule has 0 aliphatic carbocycles. The van der Waals surface area contributed by atoms with Crippen molar-refractivity contribution in [3.63, 3.8) is 0 Å². The van der Waals surface area contributed by atoms with E-state index >= 15 is 0 Å². The first-order valence-electron chi connectivity index (χ1n) is 7.85. The second kappa shape index (κ2) is 7.00. The lowest BCUT2D eigenvalue weighted by Gasteiger charge is -2.42. The summed E-state index contributed by atoms with van der Waals surface area (Å²) < 4.78 is 11.4. The first-order valence-corrected chi connectivity index (χ1v) is 7.85. The van der Waals surface area contributed by atoms with E-state index in [0.29, 0.717) is 54.8 Å². The van der Waals surface area contributed by atoms with Crippen molar-refractivity contribution in [2.24, 2.45) is 0 Å². The number of anilines is 1. The van der Waals surface area contributed by atoms with Crippen molar-refractivity contribution in [3.8, 4) is 11.5 Å². The number of hydrogen-bond acceptors (Lipinski definition) is 5. The average Bonchev–Trinajstić information content (AvgIpc) is 2.59. The molecule has 1 heterocycles. The maximum absolute atomic E-state index is 13.0. The zero-order chi connectivity index (χ0) is 17.0. The van der Waals surface area contributed by atoms with Gasteiger partial charge >= 0.3 is 0 Å². The molecule has 0 spiro atoms. The van der Waals surface area contributed by atoms with E-state index in [9.17, 15) is 9.59 Å². The Morgan fingerprint density at radius 1 is 1.35 bits per heavy atom. The lowest BCUT2D eigenvalue weighted by molar-refractivity contribution is -0.136. The van der Waals surface area contributed by atoms with Gasteiger partial charge in [0.1, 0.15) is 6.29 Å². The summed E-state index contributed by atoms with van der Waals surface area (Å²) in [5.41, 5.74) is -0.0211. The zero-order valence-corrected chi connectivity index (χ0v) is 13.8. The summed E-state index contributed by atoms with van der Waals surface area (Å²) in [6.07, 6.45) is 2.20. The van der Waals surface area contributed by atoms with Crippen LogP contribution >= 0.6 is 0 Å². The molecule has 6 heteroatoms. The molecule has 0 aromatic heterocycles. The van der Waals surface area contributed by atoms with Crippen LogP contribution in [0.4, 0.5) is 5.69 Å². The van der Waals surface area contributed by atoms with Crippen molar-refractivity contribution >= 4 is 17.9 Å².